The number of urea groups is 1. The molecule has 1 aliphatic rings. The summed E-state index contributed by atoms with van der Waals surface area (Å²) in [5, 5.41) is 12.4. The molecule has 2 unspecified atom stereocenters. The molecule has 1 fully saturated rings. The minimum Gasteiger partial charge on any atom is -0.481 e. The van der Waals surface area contributed by atoms with Crippen LogP contribution in [0.1, 0.15) is 13.3 Å². The summed E-state index contributed by atoms with van der Waals surface area (Å²) in [4.78, 5) is 24.7. The third-order valence-corrected chi connectivity index (χ3v) is 4.72. The van der Waals surface area contributed by atoms with Crippen LogP contribution in [0.4, 0.5) is 10.5 Å². The number of carboxylic acids is 1. The lowest BCUT2D eigenvalue weighted by molar-refractivity contribution is -0.142. The van der Waals surface area contributed by atoms with Crippen molar-refractivity contribution in [2.45, 2.75) is 19.4 Å². The molecule has 0 spiro atoms. The number of nitrogens with one attached hydrogen (secondary N) is 1. The highest BCUT2D eigenvalue weighted by Gasteiger charge is 2.38. The van der Waals surface area contributed by atoms with Gasteiger partial charge in [0.15, 0.2) is 0 Å². The van der Waals surface area contributed by atoms with Crippen LogP contribution < -0.4 is 5.32 Å². The number of benzene rings is 1. The molecule has 1 aliphatic heterocycles. The van der Waals surface area contributed by atoms with Gasteiger partial charge in [0.25, 0.3) is 0 Å². The highest BCUT2D eigenvalue weighted by molar-refractivity contribution is 9.10. The van der Waals surface area contributed by atoms with Gasteiger partial charge in [0.1, 0.15) is 0 Å². The average Bonchev–Trinajstić information content (AvgIpc) is 2.76. The molecule has 1 aromatic carbocycles. The predicted molar refractivity (Wildman–Crippen MR) is 80.1 cm³/mol. The highest BCUT2D eigenvalue weighted by atomic mass is 79.9. The number of likely N-dealkylation sites (tertiary alicyclic amines) is 1. The van der Waals surface area contributed by atoms with E-state index in [9.17, 15) is 9.59 Å². The monoisotopic (exact) mass is 360 g/mol. The number of amides is 2. The van der Waals surface area contributed by atoms with Crippen molar-refractivity contribution in [3.05, 3.63) is 27.7 Å². The zero-order valence-electron chi connectivity index (χ0n) is 10.8. The maximum atomic E-state index is 12.2. The van der Waals surface area contributed by atoms with E-state index in [1.165, 1.54) is 0 Å². The van der Waals surface area contributed by atoms with E-state index in [2.05, 4.69) is 21.2 Å². The van der Waals surface area contributed by atoms with Crippen molar-refractivity contribution >= 4 is 45.2 Å². The number of hydrogen-bond acceptors (Lipinski definition) is 2. The molecular formula is C13H14BrClN2O3. The first-order chi connectivity index (χ1) is 9.40. The Morgan fingerprint density at radius 3 is 2.75 bits per heavy atom. The molecular weight excluding hydrogens is 348 g/mol. The van der Waals surface area contributed by atoms with E-state index >= 15 is 0 Å². The van der Waals surface area contributed by atoms with Gasteiger partial charge in [-0.05, 0) is 47.5 Å². The molecule has 0 aromatic heterocycles. The third-order valence-electron chi connectivity index (χ3n) is 3.50. The molecule has 20 heavy (non-hydrogen) atoms. The molecule has 2 N–H and O–H groups in total. The topological polar surface area (TPSA) is 69.6 Å². The Labute approximate surface area is 130 Å². The van der Waals surface area contributed by atoms with Crippen LogP contribution >= 0.6 is 27.5 Å². The first-order valence-electron chi connectivity index (χ1n) is 6.15. The second-order valence-electron chi connectivity index (χ2n) is 4.73. The fourth-order valence-corrected chi connectivity index (χ4v) is 2.82. The summed E-state index contributed by atoms with van der Waals surface area (Å²) in [6, 6.07) is 4.46. The molecule has 1 aromatic rings. The first kappa shape index (κ1) is 15.1. The van der Waals surface area contributed by atoms with Gasteiger partial charge in [0, 0.05) is 22.7 Å². The van der Waals surface area contributed by atoms with Crippen LogP contribution in [0.15, 0.2) is 22.7 Å². The Bertz CT molecular complexity index is 552. The summed E-state index contributed by atoms with van der Waals surface area (Å²) < 4.78 is 0.690. The lowest BCUT2D eigenvalue weighted by Gasteiger charge is -2.23. The number of rotatable bonds is 2. The normalized spacial score (nSPS) is 21.9. The van der Waals surface area contributed by atoms with Crippen molar-refractivity contribution in [3.63, 3.8) is 0 Å². The lowest BCUT2D eigenvalue weighted by Crippen LogP contribution is -2.40. The molecule has 1 saturated heterocycles. The van der Waals surface area contributed by atoms with Crippen LogP contribution in [-0.4, -0.2) is 34.6 Å². The smallest absolute Gasteiger partial charge is 0.322 e. The molecule has 5 nitrogen and oxygen atoms in total. The molecule has 7 heteroatoms. The van der Waals surface area contributed by atoms with Crippen molar-refractivity contribution in [3.8, 4) is 0 Å². The highest BCUT2D eigenvalue weighted by Crippen LogP contribution is 2.28. The minimum atomic E-state index is -0.859. The predicted octanol–water partition coefficient (Wildman–Crippen LogP) is 3.43. The number of carboxylic acid groups (broad SMARTS) is 1. The van der Waals surface area contributed by atoms with Crippen molar-refractivity contribution in [1.29, 1.82) is 0 Å². The summed E-state index contributed by atoms with van der Waals surface area (Å²) in [7, 11) is 0. The van der Waals surface area contributed by atoms with E-state index in [4.69, 9.17) is 16.7 Å². The van der Waals surface area contributed by atoms with Gasteiger partial charge in [0.2, 0.25) is 0 Å². The van der Waals surface area contributed by atoms with Crippen molar-refractivity contribution in [2.75, 3.05) is 11.9 Å². The Morgan fingerprint density at radius 1 is 1.50 bits per heavy atom. The maximum absolute atomic E-state index is 12.2. The van der Waals surface area contributed by atoms with E-state index in [0.29, 0.717) is 28.1 Å². The zero-order chi connectivity index (χ0) is 14.9. The molecule has 0 bridgehead atoms. The number of carbonyl (C=O) groups excluding carboxylic acids is 1. The van der Waals surface area contributed by atoms with E-state index in [-0.39, 0.29) is 12.1 Å². The molecule has 1 heterocycles. The Hall–Kier alpha value is -1.27. The Morgan fingerprint density at radius 2 is 2.20 bits per heavy atom. The number of halogens is 2. The number of carbonyl (C=O) groups is 2. The van der Waals surface area contributed by atoms with E-state index in [0.717, 1.165) is 0 Å². The Balaban J connectivity index is 2.05. The van der Waals surface area contributed by atoms with Crippen LogP contribution in [0, 0.1) is 5.92 Å². The quantitative estimate of drug-likeness (QED) is 0.848. The summed E-state index contributed by atoms with van der Waals surface area (Å²) in [5.74, 6) is -1.36. The standard InChI is InChI=1S/C13H14BrClN2O3/c1-7-9(12(18)19)4-5-17(7)13(20)16-8-2-3-11(15)10(14)6-8/h2-3,6-7,9H,4-5H2,1H3,(H,16,20)(H,18,19). The van der Waals surface area contributed by atoms with Gasteiger partial charge in [-0.1, -0.05) is 11.6 Å². The lowest BCUT2D eigenvalue weighted by atomic mass is 10.0. The fourth-order valence-electron chi connectivity index (χ4n) is 2.33. The number of hydrogen-bond donors (Lipinski definition) is 2. The fraction of sp³-hybridized carbons (Fsp3) is 0.385. The molecule has 2 atom stereocenters. The third kappa shape index (κ3) is 3.07. The largest absolute Gasteiger partial charge is 0.481 e. The minimum absolute atomic E-state index is 0.296. The van der Waals surface area contributed by atoms with E-state index in [1.807, 2.05) is 0 Å². The molecule has 0 aliphatic carbocycles. The van der Waals surface area contributed by atoms with Crippen LogP contribution in [0.2, 0.25) is 5.02 Å². The van der Waals surface area contributed by atoms with Gasteiger partial charge >= 0.3 is 12.0 Å². The molecule has 0 radical (unpaired) electrons. The summed E-state index contributed by atoms with van der Waals surface area (Å²) >= 11 is 9.17. The maximum Gasteiger partial charge on any atom is 0.322 e. The van der Waals surface area contributed by atoms with Crippen molar-refractivity contribution < 1.29 is 14.7 Å². The van der Waals surface area contributed by atoms with E-state index < -0.39 is 11.9 Å². The molecule has 0 saturated carbocycles. The molecule has 108 valence electrons. The van der Waals surface area contributed by atoms with Crippen LogP contribution in [-0.2, 0) is 4.79 Å². The second-order valence-corrected chi connectivity index (χ2v) is 5.99. The first-order valence-corrected chi connectivity index (χ1v) is 7.32. The molecule has 2 rings (SSSR count). The van der Waals surface area contributed by atoms with Crippen LogP contribution in [0.25, 0.3) is 0 Å². The number of nitrogens with zero attached hydrogens (tertiary/aromatic N) is 1. The Kier molecular flexibility index (Phi) is 4.55. The summed E-state index contributed by atoms with van der Waals surface area (Å²) in [6.45, 7) is 2.20. The van der Waals surface area contributed by atoms with Gasteiger partial charge in [-0.2, -0.15) is 0 Å². The van der Waals surface area contributed by atoms with Gasteiger partial charge in [-0.15, -0.1) is 0 Å². The van der Waals surface area contributed by atoms with Crippen LogP contribution in [0.5, 0.6) is 0 Å². The molecule has 2 amide bonds. The zero-order valence-corrected chi connectivity index (χ0v) is 13.1. The summed E-state index contributed by atoms with van der Waals surface area (Å²) in [6.07, 6.45) is 0.480. The number of anilines is 1. The van der Waals surface area contributed by atoms with Gasteiger partial charge in [-0.3, -0.25) is 4.79 Å². The average molecular weight is 362 g/mol. The van der Waals surface area contributed by atoms with Crippen LogP contribution in [0.3, 0.4) is 0 Å². The number of aliphatic carboxylic acids is 1. The van der Waals surface area contributed by atoms with Gasteiger partial charge in [-0.25, -0.2) is 4.79 Å². The van der Waals surface area contributed by atoms with Gasteiger partial charge in [0.05, 0.1) is 10.9 Å². The SMILES string of the molecule is CC1C(C(=O)O)CCN1C(=O)Nc1ccc(Cl)c(Br)c1. The van der Waals surface area contributed by atoms with Crippen molar-refractivity contribution in [1.82, 2.24) is 4.90 Å². The van der Waals surface area contributed by atoms with Crippen molar-refractivity contribution in [2.24, 2.45) is 5.92 Å². The summed E-state index contributed by atoms with van der Waals surface area (Å²) in [5.41, 5.74) is 0.609. The van der Waals surface area contributed by atoms with Gasteiger partial charge < -0.3 is 15.3 Å². The second kappa shape index (κ2) is 6.01. The van der Waals surface area contributed by atoms with E-state index in [1.54, 1.807) is 30.0 Å².